The number of hydrogen-bond acceptors (Lipinski definition) is 4. The molecule has 0 aliphatic rings. The summed E-state index contributed by atoms with van der Waals surface area (Å²) >= 11 is 1.73. The molecule has 0 heterocycles. The molecule has 0 atom stereocenters. The van der Waals surface area contributed by atoms with Gasteiger partial charge in [0.25, 0.3) is 0 Å². The van der Waals surface area contributed by atoms with Gasteiger partial charge in [-0.05, 0) is 49.6 Å². The zero-order valence-electron chi connectivity index (χ0n) is 16.9. The lowest BCUT2D eigenvalue weighted by Crippen LogP contribution is -2.41. The molecular weight excluding hydrogens is 392 g/mol. The molecular formula is C21H28N2O3S2. The van der Waals surface area contributed by atoms with Gasteiger partial charge in [-0.25, -0.2) is 8.42 Å². The van der Waals surface area contributed by atoms with Gasteiger partial charge in [0.2, 0.25) is 15.9 Å². The first-order chi connectivity index (χ1) is 13.2. The Morgan fingerprint density at radius 1 is 1.04 bits per heavy atom. The Morgan fingerprint density at radius 2 is 1.71 bits per heavy atom. The van der Waals surface area contributed by atoms with E-state index in [-0.39, 0.29) is 12.5 Å². The number of amides is 1. The molecule has 28 heavy (non-hydrogen) atoms. The fraction of sp³-hybridized carbons (Fsp3) is 0.381. The molecule has 0 radical (unpaired) electrons. The molecule has 0 aliphatic heterocycles. The van der Waals surface area contributed by atoms with E-state index in [1.165, 1.54) is 11.1 Å². The summed E-state index contributed by atoms with van der Waals surface area (Å²) in [7, 11) is -3.55. The second-order valence-corrected chi connectivity index (χ2v) is 9.94. The SMILES string of the molecule is Cc1ccc(CSCCNC(=O)CN(c2ccc(C)c(C)c2)S(C)(=O)=O)cc1. The van der Waals surface area contributed by atoms with E-state index in [0.717, 1.165) is 33.2 Å². The molecule has 152 valence electrons. The maximum atomic E-state index is 12.3. The summed E-state index contributed by atoms with van der Waals surface area (Å²) in [5.74, 6) is 1.34. The monoisotopic (exact) mass is 420 g/mol. The second kappa shape index (κ2) is 9.98. The number of thioether (sulfide) groups is 1. The topological polar surface area (TPSA) is 66.5 Å². The Hall–Kier alpha value is -1.99. The number of aryl methyl sites for hydroxylation is 3. The van der Waals surface area contributed by atoms with Gasteiger partial charge >= 0.3 is 0 Å². The highest BCUT2D eigenvalue weighted by Gasteiger charge is 2.21. The van der Waals surface area contributed by atoms with Crippen molar-refractivity contribution in [2.75, 3.05) is 29.4 Å². The van der Waals surface area contributed by atoms with Crippen molar-refractivity contribution < 1.29 is 13.2 Å². The summed E-state index contributed by atoms with van der Waals surface area (Å²) in [6.07, 6.45) is 1.12. The van der Waals surface area contributed by atoms with Crippen molar-refractivity contribution in [3.63, 3.8) is 0 Å². The van der Waals surface area contributed by atoms with E-state index in [9.17, 15) is 13.2 Å². The molecule has 0 aliphatic carbocycles. The van der Waals surface area contributed by atoms with Gasteiger partial charge in [-0.2, -0.15) is 11.8 Å². The van der Waals surface area contributed by atoms with Crippen molar-refractivity contribution in [1.82, 2.24) is 5.32 Å². The van der Waals surface area contributed by atoms with E-state index in [0.29, 0.717) is 12.2 Å². The van der Waals surface area contributed by atoms with E-state index in [1.807, 2.05) is 19.9 Å². The van der Waals surface area contributed by atoms with Crippen LogP contribution in [0.25, 0.3) is 0 Å². The molecule has 0 bridgehead atoms. The second-order valence-electron chi connectivity index (χ2n) is 6.93. The largest absolute Gasteiger partial charge is 0.354 e. The molecule has 5 nitrogen and oxygen atoms in total. The third-order valence-corrected chi connectivity index (χ3v) is 6.59. The van der Waals surface area contributed by atoms with Gasteiger partial charge in [0.05, 0.1) is 11.9 Å². The molecule has 0 fully saturated rings. The molecule has 1 N–H and O–H groups in total. The van der Waals surface area contributed by atoms with Gasteiger partial charge in [0.15, 0.2) is 0 Å². The Kier molecular flexibility index (Phi) is 7.95. The van der Waals surface area contributed by atoms with Crippen molar-refractivity contribution in [2.24, 2.45) is 0 Å². The third kappa shape index (κ3) is 6.87. The fourth-order valence-corrected chi connectivity index (χ4v) is 4.27. The number of sulfonamides is 1. The molecule has 2 aromatic carbocycles. The van der Waals surface area contributed by atoms with Crippen LogP contribution in [0.3, 0.4) is 0 Å². The van der Waals surface area contributed by atoms with Crippen molar-refractivity contribution in [1.29, 1.82) is 0 Å². The summed E-state index contributed by atoms with van der Waals surface area (Å²) in [6.45, 7) is 6.23. The van der Waals surface area contributed by atoms with Gasteiger partial charge in [0, 0.05) is 18.1 Å². The molecule has 2 aromatic rings. The Balaban J connectivity index is 1.84. The van der Waals surface area contributed by atoms with E-state index >= 15 is 0 Å². The van der Waals surface area contributed by atoms with E-state index in [2.05, 4.69) is 36.5 Å². The van der Waals surface area contributed by atoms with Crippen molar-refractivity contribution in [3.05, 3.63) is 64.7 Å². The minimum Gasteiger partial charge on any atom is -0.354 e. The lowest BCUT2D eigenvalue weighted by Gasteiger charge is -2.22. The maximum Gasteiger partial charge on any atom is 0.240 e. The van der Waals surface area contributed by atoms with Gasteiger partial charge in [0.1, 0.15) is 6.54 Å². The smallest absolute Gasteiger partial charge is 0.240 e. The molecule has 0 aromatic heterocycles. The highest BCUT2D eigenvalue weighted by Crippen LogP contribution is 2.21. The lowest BCUT2D eigenvalue weighted by molar-refractivity contribution is -0.119. The summed E-state index contributed by atoms with van der Waals surface area (Å²) in [4.78, 5) is 12.3. The standard InChI is InChI=1S/C21H28N2O3S2/c1-16-5-8-19(9-6-16)15-27-12-11-22-21(24)14-23(28(4,25)26)20-10-7-17(2)18(3)13-20/h5-10,13H,11-12,14-15H2,1-4H3,(H,22,24). The van der Waals surface area contributed by atoms with Crippen LogP contribution in [0, 0.1) is 20.8 Å². The van der Waals surface area contributed by atoms with Crippen LogP contribution < -0.4 is 9.62 Å². The highest BCUT2D eigenvalue weighted by molar-refractivity contribution is 7.98. The zero-order valence-corrected chi connectivity index (χ0v) is 18.5. The van der Waals surface area contributed by atoms with Crippen molar-refractivity contribution in [3.8, 4) is 0 Å². The number of hydrogen-bond donors (Lipinski definition) is 1. The Bertz CT molecular complexity index is 910. The predicted molar refractivity (Wildman–Crippen MR) is 118 cm³/mol. The van der Waals surface area contributed by atoms with Crippen LogP contribution in [0.4, 0.5) is 5.69 Å². The normalized spacial score (nSPS) is 11.3. The van der Waals surface area contributed by atoms with Gasteiger partial charge < -0.3 is 5.32 Å². The summed E-state index contributed by atoms with van der Waals surface area (Å²) < 4.78 is 25.5. The number of rotatable bonds is 9. The van der Waals surface area contributed by atoms with Crippen molar-refractivity contribution in [2.45, 2.75) is 26.5 Å². The number of benzene rings is 2. The molecule has 0 saturated carbocycles. The highest BCUT2D eigenvalue weighted by atomic mass is 32.2. The summed E-state index contributed by atoms with van der Waals surface area (Å²) in [6, 6.07) is 13.8. The van der Waals surface area contributed by atoms with Crippen LogP contribution in [-0.2, 0) is 20.6 Å². The summed E-state index contributed by atoms with van der Waals surface area (Å²) in [5.41, 5.74) is 5.06. The van der Waals surface area contributed by atoms with Crippen LogP contribution in [0.15, 0.2) is 42.5 Å². The van der Waals surface area contributed by atoms with E-state index < -0.39 is 10.0 Å². The van der Waals surface area contributed by atoms with Gasteiger partial charge in [-0.3, -0.25) is 9.10 Å². The van der Waals surface area contributed by atoms with Crippen molar-refractivity contribution >= 4 is 33.4 Å². The lowest BCUT2D eigenvalue weighted by atomic mass is 10.1. The number of carbonyl (C=O) groups excluding carboxylic acids is 1. The van der Waals surface area contributed by atoms with E-state index in [1.54, 1.807) is 23.9 Å². The van der Waals surface area contributed by atoms with Crippen LogP contribution in [0.2, 0.25) is 0 Å². The molecule has 0 spiro atoms. The Morgan fingerprint density at radius 3 is 2.32 bits per heavy atom. The molecule has 2 rings (SSSR count). The van der Waals surface area contributed by atoms with Crippen LogP contribution in [0.1, 0.15) is 22.3 Å². The zero-order chi connectivity index (χ0) is 20.7. The third-order valence-electron chi connectivity index (χ3n) is 4.42. The minimum absolute atomic E-state index is 0.218. The maximum absolute atomic E-state index is 12.3. The molecule has 7 heteroatoms. The van der Waals surface area contributed by atoms with Gasteiger partial charge in [-0.1, -0.05) is 35.9 Å². The molecule has 0 unspecified atom stereocenters. The van der Waals surface area contributed by atoms with E-state index in [4.69, 9.17) is 0 Å². The number of carbonyl (C=O) groups is 1. The minimum atomic E-state index is -3.55. The van der Waals surface area contributed by atoms with Crippen LogP contribution >= 0.6 is 11.8 Å². The quantitative estimate of drug-likeness (QED) is 0.631. The number of nitrogens with one attached hydrogen (secondary N) is 1. The first kappa shape index (κ1) is 22.3. The average Bonchev–Trinajstić information content (AvgIpc) is 2.62. The van der Waals surface area contributed by atoms with Gasteiger partial charge in [-0.15, -0.1) is 0 Å². The fourth-order valence-electron chi connectivity index (χ4n) is 2.60. The first-order valence-electron chi connectivity index (χ1n) is 9.12. The molecule has 0 saturated heterocycles. The summed E-state index contributed by atoms with van der Waals surface area (Å²) in [5, 5.41) is 2.81. The average molecular weight is 421 g/mol. The van der Waals surface area contributed by atoms with Crippen LogP contribution in [0.5, 0.6) is 0 Å². The Labute approximate surface area is 172 Å². The number of anilines is 1. The van der Waals surface area contributed by atoms with Crippen LogP contribution in [-0.4, -0.2) is 39.4 Å². The predicted octanol–water partition coefficient (Wildman–Crippen LogP) is 3.43. The molecule has 1 amide bonds. The first-order valence-corrected chi connectivity index (χ1v) is 12.1. The number of nitrogens with zero attached hydrogens (tertiary/aromatic N) is 1.